The van der Waals surface area contributed by atoms with Crippen molar-refractivity contribution in [3.8, 4) is 0 Å². The van der Waals surface area contributed by atoms with Crippen LogP contribution in [0.15, 0.2) is 22.7 Å². The maximum atomic E-state index is 13.3. The Morgan fingerprint density at radius 1 is 1.37 bits per heavy atom. The van der Waals surface area contributed by atoms with Crippen LogP contribution in [-0.4, -0.2) is 24.8 Å². The van der Waals surface area contributed by atoms with Crippen molar-refractivity contribution in [3.05, 3.63) is 34.1 Å². The van der Waals surface area contributed by atoms with Gasteiger partial charge in [-0.1, -0.05) is 22.9 Å². The van der Waals surface area contributed by atoms with Crippen LogP contribution in [0.5, 0.6) is 0 Å². The molecule has 0 aliphatic rings. The topological polar surface area (TPSA) is 21.3 Å². The SMILES string of the molecule is CCNC(COC(C)(C)C)Cc1cc(F)ccc1Br. The van der Waals surface area contributed by atoms with Gasteiger partial charge in [-0.2, -0.15) is 0 Å². The quantitative estimate of drug-likeness (QED) is 0.852. The largest absolute Gasteiger partial charge is 0.374 e. The van der Waals surface area contributed by atoms with Crippen LogP contribution in [0.1, 0.15) is 33.3 Å². The second-order valence-electron chi connectivity index (χ2n) is 5.62. The number of hydrogen-bond acceptors (Lipinski definition) is 2. The van der Waals surface area contributed by atoms with Crippen molar-refractivity contribution in [3.63, 3.8) is 0 Å². The Balaban J connectivity index is 2.69. The molecule has 1 unspecified atom stereocenters. The van der Waals surface area contributed by atoms with E-state index in [9.17, 15) is 4.39 Å². The molecule has 2 nitrogen and oxygen atoms in total. The molecule has 1 N–H and O–H groups in total. The highest BCUT2D eigenvalue weighted by atomic mass is 79.9. The molecular formula is C15H23BrFNO. The van der Waals surface area contributed by atoms with E-state index in [1.165, 1.54) is 6.07 Å². The van der Waals surface area contributed by atoms with Crippen molar-refractivity contribution in [1.82, 2.24) is 5.32 Å². The summed E-state index contributed by atoms with van der Waals surface area (Å²) < 4.78 is 20.0. The van der Waals surface area contributed by atoms with E-state index in [-0.39, 0.29) is 17.5 Å². The van der Waals surface area contributed by atoms with Gasteiger partial charge in [0.25, 0.3) is 0 Å². The molecule has 1 aromatic carbocycles. The minimum Gasteiger partial charge on any atom is -0.374 e. The zero-order valence-electron chi connectivity index (χ0n) is 12.1. The summed E-state index contributed by atoms with van der Waals surface area (Å²) >= 11 is 3.47. The standard InChI is InChI=1S/C15H23BrFNO/c1-5-18-13(10-19-15(2,3)4)9-11-8-12(17)6-7-14(11)16/h6-8,13,18H,5,9-10H2,1-4H3. The van der Waals surface area contributed by atoms with Crippen LogP contribution >= 0.6 is 15.9 Å². The fourth-order valence-electron chi connectivity index (χ4n) is 1.79. The van der Waals surface area contributed by atoms with Gasteiger partial charge in [0, 0.05) is 10.5 Å². The molecule has 0 radical (unpaired) electrons. The molecule has 0 saturated carbocycles. The van der Waals surface area contributed by atoms with Gasteiger partial charge >= 0.3 is 0 Å². The maximum Gasteiger partial charge on any atom is 0.123 e. The maximum absolute atomic E-state index is 13.3. The van der Waals surface area contributed by atoms with E-state index in [4.69, 9.17) is 4.74 Å². The normalized spacial score (nSPS) is 13.6. The van der Waals surface area contributed by atoms with Gasteiger partial charge in [-0.25, -0.2) is 4.39 Å². The molecule has 0 aromatic heterocycles. The second-order valence-corrected chi connectivity index (χ2v) is 6.47. The lowest BCUT2D eigenvalue weighted by Gasteiger charge is -2.25. The summed E-state index contributed by atoms with van der Waals surface area (Å²) in [6.45, 7) is 9.65. The Kier molecular flexibility index (Phi) is 6.43. The van der Waals surface area contributed by atoms with Gasteiger partial charge in [0.1, 0.15) is 5.82 Å². The Labute approximate surface area is 123 Å². The van der Waals surface area contributed by atoms with E-state index < -0.39 is 0 Å². The van der Waals surface area contributed by atoms with Crippen LogP contribution in [0.2, 0.25) is 0 Å². The Hall–Kier alpha value is -0.450. The van der Waals surface area contributed by atoms with Gasteiger partial charge in [-0.3, -0.25) is 0 Å². The minimum atomic E-state index is -0.204. The number of nitrogens with one attached hydrogen (secondary N) is 1. The summed E-state index contributed by atoms with van der Waals surface area (Å²) in [6.07, 6.45) is 0.738. The van der Waals surface area contributed by atoms with Crippen LogP contribution in [-0.2, 0) is 11.2 Å². The molecule has 4 heteroatoms. The zero-order valence-corrected chi connectivity index (χ0v) is 13.7. The van der Waals surface area contributed by atoms with Gasteiger partial charge in [-0.15, -0.1) is 0 Å². The number of ether oxygens (including phenoxy) is 1. The molecule has 0 aliphatic carbocycles. The van der Waals surface area contributed by atoms with Crippen LogP contribution < -0.4 is 5.32 Å². The third kappa shape index (κ3) is 6.50. The lowest BCUT2D eigenvalue weighted by molar-refractivity contribution is -0.0142. The number of rotatable bonds is 6. The molecule has 108 valence electrons. The van der Waals surface area contributed by atoms with Crippen molar-refractivity contribution in [1.29, 1.82) is 0 Å². The first kappa shape index (κ1) is 16.6. The molecule has 0 saturated heterocycles. The summed E-state index contributed by atoms with van der Waals surface area (Å²) in [5.74, 6) is -0.204. The fourth-order valence-corrected chi connectivity index (χ4v) is 2.20. The smallest absolute Gasteiger partial charge is 0.123 e. The summed E-state index contributed by atoms with van der Waals surface area (Å²) in [6, 6.07) is 4.97. The molecule has 0 aliphatic heterocycles. The lowest BCUT2D eigenvalue weighted by atomic mass is 10.1. The first-order valence-electron chi connectivity index (χ1n) is 6.63. The van der Waals surface area contributed by atoms with Crippen molar-refractivity contribution >= 4 is 15.9 Å². The molecule has 1 rings (SSSR count). The molecule has 0 amide bonds. The second kappa shape index (κ2) is 7.36. The summed E-state index contributed by atoms with van der Waals surface area (Å²) in [4.78, 5) is 0. The highest BCUT2D eigenvalue weighted by molar-refractivity contribution is 9.10. The number of likely N-dealkylation sites (N-methyl/N-ethyl adjacent to an activating group) is 1. The van der Waals surface area contributed by atoms with Crippen molar-refractivity contribution in [2.24, 2.45) is 0 Å². The third-order valence-electron chi connectivity index (χ3n) is 2.68. The van der Waals surface area contributed by atoms with E-state index in [0.29, 0.717) is 6.61 Å². The van der Waals surface area contributed by atoms with Crippen LogP contribution in [0.25, 0.3) is 0 Å². The van der Waals surface area contributed by atoms with Crippen molar-refractivity contribution in [2.75, 3.05) is 13.2 Å². The average molecular weight is 332 g/mol. The fraction of sp³-hybridized carbons (Fsp3) is 0.600. The van der Waals surface area contributed by atoms with Crippen molar-refractivity contribution in [2.45, 2.75) is 45.8 Å². The van der Waals surface area contributed by atoms with Gasteiger partial charge in [0.2, 0.25) is 0 Å². The van der Waals surface area contributed by atoms with Gasteiger partial charge in [-0.05, 0) is 57.5 Å². The van der Waals surface area contributed by atoms with E-state index in [1.54, 1.807) is 12.1 Å². The number of halogens is 2. The van der Waals surface area contributed by atoms with E-state index in [2.05, 4.69) is 28.2 Å². The highest BCUT2D eigenvalue weighted by Gasteiger charge is 2.16. The molecule has 1 aromatic rings. The molecular weight excluding hydrogens is 309 g/mol. The summed E-state index contributed by atoms with van der Waals surface area (Å²) in [7, 11) is 0. The summed E-state index contributed by atoms with van der Waals surface area (Å²) in [5, 5.41) is 3.38. The Morgan fingerprint density at radius 2 is 2.05 bits per heavy atom. The zero-order chi connectivity index (χ0) is 14.5. The predicted octanol–water partition coefficient (Wildman–Crippen LogP) is 3.92. The Morgan fingerprint density at radius 3 is 2.63 bits per heavy atom. The third-order valence-corrected chi connectivity index (χ3v) is 3.46. The van der Waals surface area contributed by atoms with Crippen LogP contribution in [0.4, 0.5) is 4.39 Å². The molecule has 0 spiro atoms. The van der Waals surface area contributed by atoms with E-state index in [0.717, 1.165) is 23.0 Å². The predicted molar refractivity (Wildman–Crippen MR) is 81.0 cm³/mol. The Bertz CT molecular complexity index is 404. The molecule has 1 atom stereocenters. The summed E-state index contributed by atoms with van der Waals surface area (Å²) in [5.41, 5.74) is 0.802. The minimum absolute atomic E-state index is 0.160. The molecule has 0 bridgehead atoms. The molecule has 0 fully saturated rings. The van der Waals surface area contributed by atoms with Gasteiger partial charge < -0.3 is 10.1 Å². The van der Waals surface area contributed by atoms with Crippen molar-refractivity contribution < 1.29 is 9.13 Å². The van der Waals surface area contributed by atoms with Gasteiger partial charge in [0.15, 0.2) is 0 Å². The van der Waals surface area contributed by atoms with Crippen LogP contribution in [0, 0.1) is 5.82 Å². The van der Waals surface area contributed by atoms with Crippen LogP contribution in [0.3, 0.4) is 0 Å². The lowest BCUT2D eigenvalue weighted by Crippen LogP contribution is -2.38. The average Bonchev–Trinajstić information content (AvgIpc) is 2.30. The number of hydrogen-bond donors (Lipinski definition) is 1. The van der Waals surface area contributed by atoms with Gasteiger partial charge in [0.05, 0.1) is 12.2 Å². The monoisotopic (exact) mass is 331 g/mol. The number of benzene rings is 1. The van der Waals surface area contributed by atoms with E-state index in [1.807, 2.05) is 20.8 Å². The molecule has 0 heterocycles. The first-order valence-corrected chi connectivity index (χ1v) is 7.42. The highest BCUT2D eigenvalue weighted by Crippen LogP contribution is 2.20. The molecule has 19 heavy (non-hydrogen) atoms. The first-order chi connectivity index (χ1) is 8.81. The van der Waals surface area contributed by atoms with E-state index >= 15 is 0 Å².